The number of para-hydroxylation sites is 2. The Morgan fingerprint density at radius 3 is 2.51 bits per heavy atom. The molecular formula is C31H41N3O6S. The van der Waals surface area contributed by atoms with E-state index in [4.69, 9.17) is 9.47 Å². The van der Waals surface area contributed by atoms with Crippen molar-refractivity contribution in [1.29, 1.82) is 0 Å². The predicted molar refractivity (Wildman–Crippen MR) is 158 cm³/mol. The molecule has 1 unspecified atom stereocenters. The highest BCUT2D eigenvalue weighted by atomic mass is 32.2. The number of ketones is 1. The number of nitrogens with zero attached hydrogens (tertiary/aromatic N) is 1. The summed E-state index contributed by atoms with van der Waals surface area (Å²) in [5, 5.41) is 6.24. The molecule has 2 aromatic rings. The van der Waals surface area contributed by atoms with E-state index in [0.29, 0.717) is 57.5 Å². The van der Waals surface area contributed by atoms with Crippen molar-refractivity contribution in [3.05, 3.63) is 59.7 Å². The average molecular weight is 584 g/mol. The van der Waals surface area contributed by atoms with Gasteiger partial charge in [-0.3, -0.25) is 9.10 Å². The number of ether oxygens (including phenoxy) is 2. The molecule has 0 aliphatic carbocycles. The highest BCUT2D eigenvalue weighted by molar-refractivity contribution is 7.92. The largest absolute Gasteiger partial charge is 0.493 e. The number of nitrogens with one attached hydrogen (secondary N) is 2. The van der Waals surface area contributed by atoms with Crippen molar-refractivity contribution in [2.24, 2.45) is 5.92 Å². The van der Waals surface area contributed by atoms with Gasteiger partial charge in [0.2, 0.25) is 10.0 Å². The van der Waals surface area contributed by atoms with Gasteiger partial charge in [-0.05, 0) is 95.1 Å². The van der Waals surface area contributed by atoms with Crippen molar-refractivity contribution in [2.45, 2.75) is 76.0 Å². The third kappa shape index (κ3) is 6.09. The van der Waals surface area contributed by atoms with Gasteiger partial charge < -0.3 is 20.1 Å². The van der Waals surface area contributed by atoms with E-state index in [0.717, 1.165) is 23.1 Å². The zero-order valence-electron chi connectivity index (χ0n) is 24.3. The third-order valence-electron chi connectivity index (χ3n) is 8.43. The van der Waals surface area contributed by atoms with E-state index in [1.807, 2.05) is 36.4 Å². The van der Waals surface area contributed by atoms with Crippen LogP contribution in [0, 0.1) is 5.92 Å². The quantitative estimate of drug-likeness (QED) is 0.529. The first kappa shape index (κ1) is 29.4. The molecule has 3 atom stereocenters. The Morgan fingerprint density at radius 1 is 1.12 bits per heavy atom. The van der Waals surface area contributed by atoms with Gasteiger partial charge in [0.1, 0.15) is 17.4 Å². The van der Waals surface area contributed by atoms with E-state index in [9.17, 15) is 18.0 Å². The summed E-state index contributed by atoms with van der Waals surface area (Å²) in [4.78, 5) is 27.9. The van der Waals surface area contributed by atoms with E-state index in [-0.39, 0.29) is 11.7 Å². The zero-order valence-corrected chi connectivity index (χ0v) is 25.1. The monoisotopic (exact) mass is 583 g/mol. The zero-order chi connectivity index (χ0) is 29.4. The van der Waals surface area contributed by atoms with Crippen LogP contribution in [0.2, 0.25) is 0 Å². The standard InChI is InChI=1S/C31H41N3O6S/c1-30(2,3)40-29(36)33-24(20-21-13-18-39-26-12-8-5-9-22(26)19-21)27(35)28-31(14-16-32-17-15-31)23-10-6-7-11-25(23)34(28)41(4,37)38/h5-12,21,24,28,32H,13-20H2,1-4H3,(H,33,36)/t21-,24-,28?/m0/s1. The molecule has 5 rings (SSSR count). The smallest absolute Gasteiger partial charge is 0.408 e. The molecule has 9 nitrogen and oxygen atoms in total. The van der Waals surface area contributed by atoms with Crippen molar-refractivity contribution in [3.63, 3.8) is 0 Å². The summed E-state index contributed by atoms with van der Waals surface area (Å²) in [5.74, 6) is 0.556. The van der Waals surface area contributed by atoms with Gasteiger partial charge >= 0.3 is 6.09 Å². The number of hydrogen-bond acceptors (Lipinski definition) is 7. The number of Topliss-reactive ketones (excluding diaryl/α,β-unsaturated/α-hetero) is 1. The number of carbonyl (C=O) groups excluding carboxylic acids is 2. The lowest BCUT2D eigenvalue weighted by Crippen LogP contribution is -2.60. The average Bonchev–Trinajstić information content (AvgIpc) is 3.02. The highest BCUT2D eigenvalue weighted by Crippen LogP contribution is 2.52. The normalized spacial score (nSPS) is 22.6. The minimum absolute atomic E-state index is 0.0296. The Balaban J connectivity index is 1.54. The molecule has 41 heavy (non-hydrogen) atoms. The molecule has 0 aromatic heterocycles. The Hall–Kier alpha value is -3.11. The van der Waals surface area contributed by atoms with Crippen LogP contribution in [0.1, 0.15) is 57.6 Å². The van der Waals surface area contributed by atoms with Crippen molar-refractivity contribution in [3.8, 4) is 5.75 Å². The number of amides is 1. The second kappa shape index (κ2) is 11.3. The fraction of sp³-hybridized carbons (Fsp3) is 0.548. The van der Waals surface area contributed by atoms with E-state index in [1.165, 1.54) is 4.31 Å². The maximum atomic E-state index is 14.8. The lowest BCUT2D eigenvalue weighted by molar-refractivity contribution is -0.124. The van der Waals surface area contributed by atoms with Crippen molar-refractivity contribution in [2.75, 3.05) is 30.3 Å². The van der Waals surface area contributed by atoms with Crippen LogP contribution >= 0.6 is 0 Å². The molecule has 0 bridgehead atoms. The number of hydrogen-bond donors (Lipinski definition) is 2. The second-order valence-electron chi connectivity index (χ2n) is 12.5. The lowest BCUT2D eigenvalue weighted by Gasteiger charge is -2.42. The molecule has 3 heterocycles. The van der Waals surface area contributed by atoms with Crippen molar-refractivity contribution in [1.82, 2.24) is 10.6 Å². The maximum Gasteiger partial charge on any atom is 0.408 e. The summed E-state index contributed by atoms with van der Waals surface area (Å²) in [7, 11) is -3.83. The molecule has 0 radical (unpaired) electrons. The Labute approximate surface area is 243 Å². The Kier molecular flexibility index (Phi) is 8.09. The minimum atomic E-state index is -3.83. The van der Waals surface area contributed by atoms with Crippen LogP contribution in [-0.4, -0.2) is 63.9 Å². The van der Waals surface area contributed by atoms with Gasteiger partial charge in [-0.15, -0.1) is 0 Å². The first-order chi connectivity index (χ1) is 19.4. The number of benzene rings is 2. The van der Waals surface area contributed by atoms with Crippen molar-refractivity contribution >= 4 is 27.6 Å². The summed E-state index contributed by atoms with van der Waals surface area (Å²) in [6.07, 6.45) is 3.40. The van der Waals surface area contributed by atoms with E-state index in [1.54, 1.807) is 32.9 Å². The molecule has 1 saturated heterocycles. The van der Waals surface area contributed by atoms with Gasteiger partial charge in [0.25, 0.3) is 0 Å². The molecule has 222 valence electrons. The molecular weight excluding hydrogens is 542 g/mol. The van der Waals surface area contributed by atoms with E-state index in [2.05, 4.69) is 10.6 Å². The summed E-state index contributed by atoms with van der Waals surface area (Å²) in [5.41, 5.74) is 1.01. The second-order valence-corrected chi connectivity index (χ2v) is 14.4. The fourth-order valence-corrected chi connectivity index (χ4v) is 7.96. The van der Waals surface area contributed by atoms with Gasteiger partial charge in [-0.1, -0.05) is 36.4 Å². The summed E-state index contributed by atoms with van der Waals surface area (Å²) in [6, 6.07) is 13.4. The van der Waals surface area contributed by atoms with Gasteiger partial charge in [-0.2, -0.15) is 0 Å². The van der Waals surface area contributed by atoms with Crippen LogP contribution < -0.4 is 19.7 Å². The molecule has 1 fully saturated rings. The molecule has 3 aliphatic rings. The summed E-state index contributed by atoms with van der Waals surface area (Å²) < 4.78 is 39.6. The molecule has 3 aliphatic heterocycles. The lowest BCUT2D eigenvalue weighted by atomic mass is 9.67. The molecule has 2 aromatic carbocycles. The third-order valence-corrected chi connectivity index (χ3v) is 9.55. The highest BCUT2D eigenvalue weighted by Gasteiger charge is 2.58. The maximum absolute atomic E-state index is 14.8. The Morgan fingerprint density at radius 2 is 1.80 bits per heavy atom. The minimum Gasteiger partial charge on any atom is -0.493 e. The van der Waals surface area contributed by atoms with E-state index >= 15 is 0 Å². The molecule has 0 saturated carbocycles. The number of sulfonamides is 1. The van der Waals surface area contributed by atoms with E-state index < -0.39 is 39.2 Å². The number of fused-ring (bicyclic) bond motifs is 3. The van der Waals surface area contributed by atoms with Crippen LogP contribution in [0.25, 0.3) is 0 Å². The SMILES string of the molecule is CC(C)(C)OC(=O)N[C@@H](C[C@H]1CCOc2ccccc2C1)C(=O)C1N(S(C)(=O)=O)c2ccccc2C12CCNCC2. The summed E-state index contributed by atoms with van der Waals surface area (Å²) >= 11 is 0. The summed E-state index contributed by atoms with van der Waals surface area (Å²) in [6.45, 7) is 7.13. The molecule has 10 heteroatoms. The number of piperidine rings is 1. The Bertz CT molecular complexity index is 1400. The number of anilines is 1. The molecule has 1 amide bonds. The molecule has 1 spiro atoms. The molecule has 2 N–H and O–H groups in total. The van der Waals surface area contributed by atoms with Crippen LogP contribution in [-0.2, 0) is 31.4 Å². The fourth-order valence-electron chi connectivity index (χ4n) is 6.75. The van der Waals surface area contributed by atoms with Gasteiger partial charge in [0.15, 0.2) is 5.78 Å². The van der Waals surface area contributed by atoms with Crippen LogP contribution in [0.15, 0.2) is 48.5 Å². The topological polar surface area (TPSA) is 114 Å². The van der Waals surface area contributed by atoms with Gasteiger partial charge in [0, 0.05) is 5.41 Å². The first-order valence-corrected chi connectivity index (χ1v) is 16.3. The van der Waals surface area contributed by atoms with Gasteiger partial charge in [0.05, 0.1) is 24.6 Å². The predicted octanol–water partition coefficient (Wildman–Crippen LogP) is 3.95. The first-order valence-electron chi connectivity index (χ1n) is 14.4. The number of rotatable bonds is 6. The number of carbonyl (C=O) groups is 2. The number of alkyl carbamates (subject to hydrolysis) is 1. The van der Waals surface area contributed by atoms with Crippen LogP contribution in [0.5, 0.6) is 5.75 Å². The van der Waals surface area contributed by atoms with Crippen molar-refractivity contribution < 1.29 is 27.5 Å². The van der Waals surface area contributed by atoms with Crippen LogP contribution in [0.4, 0.5) is 10.5 Å². The van der Waals surface area contributed by atoms with Gasteiger partial charge in [-0.25, -0.2) is 13.2 Å². The van der Waals surface area contributed by atoms with Crippen LogP contribution in [0.3, 0.4) is 0 Å².